The van der Waals surface area contributed by atoms with Crippen LogP contribution in [0.2, 0.25) is 0 Å². The van der Waals surface area contributed by atoms with Gasteiger partial charge in [0.15, 0.2) is 0 Å². The molecular weight excluding hydrogens is 479 g/mol. The molecule has 0 amide bonds. The summed E-state index contributed by atoms with van der Waals surface area (Å²) >= 11 is 0. The highest BCUT2D eigenvalue weighted by Crippen LogP contribution is 2.38. The summed E-state index contributed by atoms with van der Waals surface area (Å²) in [5.74, 6) is 1.76. The highest BCUT2D eigenvalue weighted by molar-refractivity contribution is 7.92. The monoisotopic (exact) mass is 508 g/mol. The molecule has 5 N–H and O–H groups in total. The maximum absolute atomic E-state index is 14.5. The molecule has 8 nitrogen and oxygen atoms in total. The third kappa shape index (κ3) is 4.04. The van der Waals surface area contributed by atoms with Crippen LogP contribution in [-0.4, -0.2) is 52.5 Å². The van der Waals surface area contributed by atoms with Crippen molar-refractivity contribution >= 4 is 39.0 Å². The van der Waals surface area contributed by atoms with Crippen LogP contribution < -0.4 is 16.4 Å². The zero-order valence-corrected chi connectivity index (χ0v) is 20.9. The average molecular weight is 509 g/mol. The third-order valence-corrected chi connectivity index (χ3v) is 8.17. The minimum absolute atomic E-state index is 0.0389. The number of amidine groups is 1. The smallest absolute Gasteiger partial charge is 0.270 e. The summed E-state index contributed by atoms with van der Waals surface area (Å²) in [7, 11) is 0.580. The Balaban J connectivity index is 1.41. The molecule has 3 unspecified atom stereocenters. The highest BCUT2D eigenvalue weighted by Gasteiger charge is 2.32. The second-order valence-corrected chi connectivity index (χ2v) is 10.9. The molecule has 6 rings (SSSR count). The van der Waals surface area contributed by atoms with Gasteiger partial charge in [0, 0.05) is 48.3 Å². The molecule has 0 saturated carbocycles. The Kier molecular flexibility index (Phi) is 5.72. The molecule has 36 heavy (non-hydrogen) atoms. The van der Waals surface area contributed by atoms with Crippen LogP contribution >= 0.6 is 0 Å². The second kappa shape index (κ2) is 8.94. The van der Waals surface area contributed by atoms with E-state index in [0.29, 0.717) is 36.7 Å². The number of hydrogen-bond acceptors (Lipinski definition) is 7. The Labute approximate surface area is 211 Å². The van der Waals surface area contributed by atoms with Crippen LogP contribution in [0, 0.1) is 5.82 Å². The fourth-order valence-corrected chi connectivity index (χ4v) is 6.43. The molecule has 4 aliphatic rings. The number of aromatic amines is 1. The van der Waals surface area contributed by atoms with Gasteiger partial charge in [0.1, 0.15) is 23.2 Å². The van der Waals surface area contributed by atoms with Crippen molar-refractivity contribution in [3.63, 3.8) is 0 Å². The van der Waals surface area contributed by atoms with Crippen molar-refractivity contribution in [3.8, 4) is 0 Å². The maximum atomic E-state index is 14.5. The van der Waals surface area contributed by atoms with Gasteiger partial charge in [-0.05, 0) is 49.1 Å². The molecule has 2 aromatic rings. The van der Waals surface area contributed by atoms with E-state index in [-0.39, 0.29) is 11.9 Å². The van der Waals surface area contributed by atoms with E-state index in [0.717, 1.165) is 57.7 Å². The standard InChI is InChI=1S/C26H29FN6O2S/c1-14-8-15-5-7-36(34)21(15)12-18(9-14)35-26-31-24-22(25(32-26)33-6-3-4-17(28)13-33)19-10-16(27)11-20(29-2)23(19)30-24/h5,7,10-12,17,26,29-31H,1,3-4,6,8-9,13,28H2,2H3. The van der Waals surface area contributed by atoms with Crippen LogP contribution in [0.1, 0.15) is 31.2 Å². The lowest BCUT2D eigenvalue weighted by molar-refractivity contribution is 0.138. The number of aromatic nitrogens is 1. The Bertz CT molecular complexity index is 1420. The van der Waals surface area contributed by atoms with Crippen molar-refractivity contribution in [1.29, 1.82) is 0 Å². The van der Waals surface area contributed by atoms with Crippen LogP contribution in [0.15, 0.2) is 63.1 Å². The first kappa shape index (κ1) is 23.1. The van der Waals surface area contributed by atoms with Crippen molar-refractivity contribution in [2.45, 2.75) is 38.1 Å². The lowest BCUT2D eigenvalue weighted by Crippen LogP contribution is -2.47. The molecule has 0 bridgehead atoms. The Morgan fingerprint density at radius 1 is 1.36 bits per heavy atom. The third-order valence-electron chi connectivity index (χ3n) is 6.98. The summed E-state index contributed by atoms with van der Waals surface area (Å²) < 4.78 is 33.4. The van der Waals surface area contributed by atoms with Crippen LogP contribution in [0.4, 0.5) is 15.9 Å². The molecule has 1 fully saturated rings. The van der Waals surface area contributed by atoms with E-state index >= 15 is 0 Å². The number of benzene rings is 1. The van der Waals surface area contributed by atoms with Gasteiger partial charge in [-0.1, -0.05) is 12.2 Å². The number of nitrogens with two attached hydrogens (primary N) is 1. The van der Waals surface area contributed by atoms with E-state index in [2.05, 4.69) is 27.1 Å². The van der Waals surface area contributed by atoms with Crippen molar-refractivity contribution in [3.05, 3.63) is 69.5 Å². The summed E-state index contributed by atoms with van der Waals surface area (Å²) in [5, 5.41) is 8.85. The van der Waals surface area contributed by atoms with Crippen LogP contribution in [-0.2, 0) is 15.5 Å². The maximum Gasteiger partial charge on any atom is 0.270 e. The van der Waals surface area contributed by atoms with E-state index in [1.54, 1.807) is 12.5 Å². The number of rotatable bonds is 3. The van der Waals surface area contributed by atoms with Gasteiger partial charge >= 0.3 is 0 Å². The van der Waals surface area contributed by atoms with E-state index in [1.165, 1.54) is 12.1 Å². The predicted molar refractivity (Wildman–Crippen MR) is 142 cm³/mol. The predicted octanol–water partition coefficient (Wildman–Crippen LogP) is 4.01. The molecule has 0 radical (unpaired) electrons. The number of piperidine rings is 1. The zero-order chi connectivity index (χ0) is 25.0. The molecule has 1 aliphatic carbocycles. The average Bonchev–Trinajstić information content (AvgIpc) is 3.32. The summed E-state index contributed by atoms with van der Waals surface area (Å²) in [6.45, 7) is 5.64. The quantitative estimate of drug-likeness (QED) is 0.467. The first-order valence-electron chi connectivity index (χ1n) is 12.1. The normalized spacial score (nSPS) is 25.7. The number of ether oxygens (including phenoxy) is 1. The Hall–Kier alpha value is -3.37. The molecule has 0 spiro atoms. The lowest BCUT2D eigenvalue weighted by Gasteiger charge is -2.36. The number of aliphatic imine (C=N–C) groups is 1. The zero-order valence-electron chi connectivity index (χ0n) is 20.1. The van der Waals surface area contributed by atoms with Gasteiger partial charge in [0.05, 0.1) is 27.6 Å². The largest absolute Gasteiger partial charge is 0.455 e. The fraction of sp³-hybridized carbons (Fsp3) is 0.346. The van der Waals surface area contributed by atoms with Gasteiger partial charge in [-0.3, -0.25) is 0 Å². The van der Waals surface area contributed by atoms with E-state index in [4.69, 9.17) is 15.5 Å². The van der Waals surface area contributed by atoms with Crippen LogP contribution in [0.25, 0.3) is 10.9 Å². The number of anilines is 2. The minimum atomic E-state index is -1.19. The number of allylic oxidation sites excluding steroid dienone is 4. The van der Waals surface area contributed by atoms with Gasteiger partial charge in [0.2, 0.25) is 0 Å². The van der Waals surface area contributed by atoms with Crippen LogP contribution in [0.3, 0.4) is 0 Å². The SMILES string of the molecule is C=C1CC(OC2N=C(N3CCCC(N)C3)c3c([nH]c4c(NC)cc(F)cc34)N2)=CC2=C(C=CS2=O)C1. The van der Waals surface area contributed by atoms with Gasteiger partial charge in [0.25, 0.3) is 6.35 Å². The van der Waals surface area contributed by atoms with Gasteiger partial charge < -0.3 is 31.0 Å². The molecule has 1 saturated heterocycles. The van der Waals surface area contributed by atoms with Crippen molar-refractivity contribution in [1.82, 2.24) is 9.88 Å². The van der Waals surface area contributed by atoms with Crippen LogP contribution in [0.5, 0.6) is 0 Å². The van der Waals surface area contributed by atoms with E-state index in [1.807, 2.05) is 12.2 Å². The molecule has 1 aromatic heterocycles. The number of halogens is 1. The minimum Gasteiger partial charge on any atom is -0.455 e. The molecule has 1 aromatic carbocycles. The van der Waals surface area contributed by atoms with E-state index in [9.17, 15) is 8.60 Å². The number of likely N-dealkylation sites (tertiary alicyclic amines) is 1. The highest BCUT2D eigenvalue weighted by atomic mass is 32.2. The number of nitrogens with zero attached hydrogens (tertiary/aromatic N) is 2. The summed E-state index contributed by atoms with van der Waals surface area (Å²) in [6, 6.07) is 3.04. The van der Waals surface area contributed by atoms with Gasteiger partial charge in [-0.15, -0.1) is 0 Å². The summed E-state index contributed by atoms with van der Waals surface area (Å²) in [4.78, 5) is 11.3. The van der Waals surface area contributed by atoms with E-state index < -0.39 is 17.2 Å². The Morgan fingerprint density at radius 3 is 3.03 bits per heavy atom. The first-order chi connectivity index (χ1) is 17.4. The fourth-order valence-electron chi connectivity index (χ4n) is 5.35. The van der Waals surface area contributed by atoms with Crippen molar-refractivity contribution in [2.75, 3.05) is 30.8 Å². The number of nitrogens with one attached hydrogen (secondary N) is 3. The van der Waals surface area contributed by atoms with Crippen molar-refractivity contribution in [2.24, 2.45) is 10.7 Å². The van der Waals surface area contributed by atoms with Gasteiger partial charge in [-0.25, -0.2) is 13.6 Å². The topological polar surface area (TPSA) is 108 Å². The molecule has 188 valence electrons. The van der Waals surface area contributed by atoms with Gasteiger partial charge in [-0.2, -0.15) is 0 Å². The summed E-state index contributed by atoms with van der Waals surface area (Å²) in [5.41, 5.74) is 10.6. The molecule has 3 aliphatic heterocycles. The first-order valence-corrected chi connectivity index (χ1v) is 13.3. The molecule has 4 heterocycles. The number of fused-ring (bicyclic) bond motifs is 3. The number of hydrogen-bond donors (Lipinski definition) is 4. The number of H-pyrrole nitrogens is 1. The Morgan fingerprint density at radius 2 is 2.22 bits per heavy atom. The lowest BCUT2D eigenvalue weighted by atomic mass is 10.0. The molecule has 10 heteroatoms. The van der Waals surface area contributed by atoms with Crippen molar-refractivity contribution < 1.29 is 13.3 Å². The summed E-state index contributed by atoms with van der Waals surface area (Å²) in [6.07, 6.45) is 6.14. The molecular formula is C26H29FN6O2S. The molecule has 3 atom stereocenters. The second-order valence-electron chi connectivity index (χ2n) is 9.62.